The van der Waals surface area contributed by atoms with Crippen LogP contribution in [-0.4, -0.2) is 6.61 Å². The van der Waals surface area contributed by atoms with Crippen LogP contribution in [0.1, 0.15) is 52.5 Å². The fourth-order valence-corrected chi connectivity index (χ4v) is 2.99. The summed E-state index contributed by atoms with van der Waals surface area (Å²) in [5.74, 6) is 1.03. The lowest BCUT2D eigenvalue weighted by atomic mass is 9.61. The lowest BCUT2D eigenvalue weighted by Crippen LogP contribution is -2.37. The fraction of sp³-hybridized carbons (Fsp3) is 0.500. The van der Waals surface area contributed by atoms with E-state index in [2.05, 4.69) is 76.3 Å². The Morgan fingerprint density at radius 2 is 1.76 bits per heavy atom. The number of unbranched alkanes of at least 4 members (excludes halogenated alkanes) is 1. The highest BCUT2D eigenvalue weighted by Gasteiger charge is 2.41. The zero-order valence-electron chi connectivity index (χ0n) is 13.9. The number of hydrogen-bond acceptors (Lipinski definition) is 1. The van der Waals surface area contributed by atoms with Gasteiger partial charge in [-0.15, -0.1) is 0 Å². The predicted molar refractivity (Wildman–Crippen MR) is 90.9 cm³/mol. The van der Waals surface area contributed by atoms with E-state index in [1.165, 1.54) is 5.56 Å². The third kappa shape index (κ3) is 3.23. The smallest absolute Gasteiger partial charge is 0.123 e. The van der Waals surface area contributed by atoms with Crippen LogP contribution in [0.3, 0.4) is 0 Å². The summed E-state index contributed by atoms with van der Waals surface area (Å²) in [6.45, 7) is 9.89. The van der Waals surface area contributed by atoms with Crippen molar-refractivity contribution < 1.29 is 4.74 Å². The molecule has 0 unspecified atom stereocenters. The Morgan fingerprint density at radius 1 is 1.10 bits per heavy atom. The molecule has 0 saturated carbocycles. The van der Waals surface area contributed by atoms with E-state index in [9.17, 15) is 0 Å². The summed E-state index contributed by atoms with van der Waals surface area (Å²) in [4.78, 5) is 0. The molecule has 0 spiro atoms. The standard InChI is InChI=1S/C20H28O/c1-5-6-16-21-18-13-9-8-12-17(18)20(19(2,3)4)14-10-7-11-15-20/h8-15H,5-7,16H2,1-4H3. The summed E-state index contributed by atoms with van der Waals surface area (Å²) >= 11 is 0. The molecule has 0 saturated heterocycles. The number of ether oxygens (including phenoxy) is 1. The molecule has 0 heterocycles. The average molecular weight is 284 g/mol. The normalized spacial score (nSPS) is 17.0. The molecule has 1 aromatic rings. The molecular weight excluding hydrogens is 256 g/mol. The van der Waals surface area contributed by atoms with E-state index < -0.39 is 0 Å². The van der Waals surface area contributed by atoms with E-state index in [1.807, 2.05) is 0 Å². The number of para-hydroxylation sites is 1. The van der Waals surface area contributed by atoms with Crippen LogP contribution in [0.15, 0.2) is 48.6 Å². The summed E-state index contributed by atoms with van der Waals surface area (Å²) in [6, 6.07) is 8.50. The van der Waals surface area contributed by atoms with Crippen molar-refractivity contribution in [3.05, 3.63) is 54.1 Å². The molecule has 0 aliphatic heterocycles. The largest absolute Gasteiger partial charge is 0.493 e. The summed E-state index contributed by atoms with van der Waals surface area (Å²) in [5, 5.41) is 0. The quantitative estimate of drug-likeness (QED) is 0.500. The molecule has 0 amide bonds. The summed E-state index contributed by atoms with van der Waals surface area (Å²) in [6.07, 6.45) is 12.5. The van der Waals surface area contributed by atoms with Crippen LogP contribution in [0.5, 0.6) is 5.75 Å². The molecule has 2 rings (SSSR count). The van der Waals surface area contributed by atoms with Crippen molar-refractivity contribution in [2.45, 2.75) is 52.4 Å². The Morgan fingerprint density at radius 3 is 2.38 bits per heavy atom. The van der Waals surface area contributed by atoms with Gasteiger partial charge in [0.2, 0.25) is 0 Å². The minimum Gasteiger partial charge on any atom is -0.493 e. The Bertz CT molecular complexity index is 505. The van der Waals surface area contributed by atoms with E-state index in [4.69, 9.17) is 4.74 Å². The summed E-state index contributed by atoms with van der Waals surface area (Å²) < 4.78 is 6.08. The van der Waals surface area contributed by atoms with Crippen molar-refractivity contribution >= 4 is 0 Å². The zero-order chi connectivity index (χ0) is 15.3. The minimum atomic E-state index is -0.0892. The van der Waals surface area contributed by atoms with Crippen LogP contribution >= 0.6 is 0 Å². The van der Waals surface area contributed by atoms with Crippen molar-refractivity contribution in [2.75, 3.05) is 6.61 Å². The van der Waals surface area contributed by atoms with Crippen LogP contribution in [0.25, 0.3) is 0 Å². The molecule has 1 aromatic carbocycles. The topological polar surface area (TPSA) is 9.23 Å². The molecule has 114 valence electrons. The van der Waals surface area contributed by atoms with Crippen LogP contribution in [0, 0.1) is 5.41 Å². The molecule has 1 aliphatic rings. The Labute approximate surface area is 129 Å². The second-order valence-electron chi connectivity index (χ2n) is 6.86. The lowest BCUT2D eigenvalue weighted by molar-refractivity contribution is 0.262. The van der Waals surface area contributed by atoms with Gasteiger partial charge < -0.3 is 4.74 Å². The Balaban J connectivity index is 2.44. The Hall–Kier alpha value is -1.50. The highest BCUT2D eigenvalue weighted by Crippen LogP contribution is 2.48. The van der Waals surface area contributed by atoms with Gasteiger partial charge >= 0.3 is 0 Å². The van der Waals surface area contributed by atoms with Crippen molar-refractivity contribution in [1.29, 1.82) is 0 Å². The van der Waals surface area contributed by atoms with Crippen LogP contribution in [-0.2, 0) is 5.41 Å². The highest BCUT2D eigenvalue weighted by atomic mass is 16.5. The van der Waals surface area contributed by atoms with Crippen molar-refractivity contribution in [1.82, 2.24) is 0 Å². The van der Waals surface area contributed by atoms with Gasteiger partial charge in [0.25, 0.3) is 0 Å². The molecule has 0 bridgehead atoms. The van der Waals surface area contributed by atoms with Gasteiger partial charge in [0.1, 0.15) is 5.75 Å². The predicted octanol–water partition coefficient (Wildman–Crippen LogP) is 5.67. The van der Waals surface area contributed by atoms with Crippen molar-refractivity contribution in [3.63, 3.8) is 0 Å². The molecule has 1 nitrogen and oxygen atoms in total. The first-order chi connectivity index (χ1) is 10.0. The van der Waals surface area contributed by atoms with Gasteiger partial charge in [0.05, 0.1) is 6.61 Å². The molecule has 0 aromatic heterocycles. The van der Waals surface area contributed by atoms with Gasteiger partial charge in [-0.1, -0.05) is 76.6 Å². The van der Waals surface area contributed by atoms with Crippen molar-refractivity contribution in [2.24, 2.45) is 5.41 Å². The summed E-state index contributed by atoms with van der Waals surface area (Å²) in [5.41, 5.74) is 1.29. The molecular formula is C20H28O. The first kappa shape index (κ1) is 15.9. The van der Waals surface area contributed by atoms with Gasteiger partial charge in [0.15, 0.2) is 0 Å². The molecule has 0 radical (unpaired) electrons. The fourth-order valence-electron chi connectivity index (χ4n) is 2.99. The minimum absolute atomic E-state index is 0.0892. The lowest BCUT2D eigenvalue weighted by Gasteiger charge is -2.43. The third-order valence-corrected chi connectivity index (χ3v) is 4.36. The zero-order valence-corrected chi connectivity index (χ0v) is 13.9. The maximum atomic E-state index is 6.08. The van der Waals surface area contributed by atoms with Crippen molar-refractivity contribution in [3.8, 4) is 5.75 Å². The second-order valence-corrected chi connectivity index (χ2v) is 6.86. The van der Waals surface area contributed by atoms with Crippen LogP contribution in [0.4, 0.5) is 0 Å². The molecule has 0 atom stereocenters. The van der Waals surface area contributed by atoms with E-state index in [1.54, 1.807) is 0 Å². The van der Waals surface area contributed by atoms with Gasteiger partial charge in [-0.2, -0.15) is 0 Å². The highest BCUT2D eigenvalue weighted by molar-refractivity contribution is 5.49. The molecule has 21 heavy (non-hydrogen) atoms. The van der Waals surface area contributed by atoms with E-state index in [-0.39, 0.29) is 10.8 Å². The number of allylic oxidation sites excluding steroid dienone is 4. The van der Waals surface area contributed by atoms with Gasteiger partial charge in [-0.05, 0) is 24.3 Å². The first-order valence-electron chi connectivity index (χ1n) is 8.09. The van der Waals surface area contributed by atoms with Gasteiger partial charge in [-0.25, -0.2) is 0 Å². The van der Waals surface area contributed by atoms with E-state index >= 15 is 0 Å². The molecule has 0 N–H and O–H groups in total. The number of benzene rings is 1. The van der Waals surface area contributed by atoms with Gasteiger partial charge in [0, 0.05) is 11.0 Å². The maximum Gasteiger partial charge on any atom is 0.123 e. The number of rotatable bonds is 5. The molecule has 1 heteroatoms. The molecule has 1 aliphatic carbocycles. The average Bonchev–Trinajstić information content (AvgIpc) is 2.48. The number of hydrogen-bond donors (Lipinski definition) is 0. The van der Waals surface area contributed by atoms with Crippen LogP contribution in [0.2, 0.25) is 0 Å². The first-order valence-corrected chi connectivity index (χ1v) is 8.09. The summed E-state index contributed by atoms with van der Waals surface area (Å²) in [7, 11) is 0. The van der Waals surface area contributed by atoms with E-state index in [0.717, 1.165) is 31.6 Å². The maximum absolute atomic E-state index is 6.08. The van der Waals surface area contributed by atoms with Gasteiger partial charge in [-0.3, -0.25) is 0 Å². The Kier molecular flexibility index (Phi) is 4.92. The van der Waals surface area contributed by atoms with Crippen LogP contribution < -0.4 is 4.74 Å². The third-order valence-electron chi connectivity index (χ3n) is 4.36. The SMILES string of the molecule is CCCCOc1ccccc1C1(C(C)(C)C)C=CCC=C1. The molecule has 0 fully saturated rings. The second kappa shape index (κ2) is 6.51. The van der Waals surface area contributed by atoms with E-state index in [0.29, 0.717) is 0 Å². The monoisotopic (exact) mass is 284 g/mol.